The first-order valence-corrected chi connectivity index (χ1v) is 14.0. The molecule has 11 atom stereocenters. The summed E-state index contributed by atoms with van der Waals surface area (Å²) in [6.45, 7) is 6.74. The maximum absolute atomic E-state index is 13.7. The largest absolute Gasteiger partial charge is 0.481 e. The van der Waals surface area contributed by atoms with Gasteiger partial charge in [0.25, 0.3) is 0 Å². The zero-order valence-corrected chi connectivity index (χ0v) is 21.5. The van der Waals surface area contributed by atoms with Crippen LogP contribution in [0.25, 0.3) is 0 Å². The van der Waals surface area contributed by atoms with Gasteiger partial charge < -0.3 is 28.8 Å². The van der Waals surface area contributed by atoms with Crippen molar-refractivity contribution in [2.75, 3.05) is 6.61 Å². The molecule has 3 saturated carbocycles. The van der Waals surface area contributed by atoms with Crippen molar-refractivity contribution >= 4 is 17.9 Å². The molecule has 0 aromatic heterocycles. The molecule has 4 aliphatic heterocycles. The molecule has 1 N–H and O–H groups in total. The van der Waals surface area contributed by atoms with Gasteiger partial charge in [0.15, 0.2) is 11.7 Å². The number of carbonyl (C=O) groups excluding carboxylic acids is 2. The normalized spacial score (nSPS) is 54.1. The fourth-order valence-corrected chi connectivity index (χ4v) is 9.75. The van der Waals surface area contributed by atoms with E-state index in [0.29, 0.717) is 25.9 Å². The average Bonchev–Trinajstić information content (AvgIpc) is 3.77. The van der Waals surface area contributed by atoms with Gasteiger partial charge in [0, 0.05) is 11.0 Å². The first kappa shape index (κ1) is 23.0. The van der Waals surface area contributed by atoms with Crippen molar-refractivity contribution in [3.05, 3.63) is 11.1 Å². The summed E-state index contributed by atoms with van der Waals surface area (Å²) in [5.41, 5.74) is -0.586. The number of carboxylic acids is 1. The molecular weight excluding hydrogens is 480 g/mol. The average molecular weight is 515 g/mol. The van der Waals surface area contributed by atoms with E-state index in [1.54, 1.807) is 0 Å². The lowest BCUT2D eigenvalue weighted by atomic mass is 9.46. The molecule has 4 aliphatic carbocycles. The highest BCUT2D eigenvalue weighted by atomic mass is 16.8. The number of epoxide rings is 3. The van der Waals surface area contributed by atoms with Crippen molar-refractivity contribution in [1.29, 1.82) is 0 Å². The third kappa shape index (κ3) is 2.38. The molecule has 0 unspecified atom stereocenters. The maximum atomic E-state index is 13.7. The van der Waals surface area contributed by atoms with Crippen molar-refractivity contribution in [3.63, 3.8) is 0 Å². The summed E-state index contributed by atoms with van der Waals surface area (Å²) >= 11 is 0. The van der Waals surface area contributed by atoms with Crippen molar-refractivity contribution in [3.8, 4) is 0 Å². The van der Waals surface area contributed by atoms with Crippen LogP contribution in [0.5, 0.6) is 0 Å². The third-order valence-corrected chi connectivity index (χ3v) is 11.7. The Hall–Kier alpha value is -1.97. The molecular formula is C28H34O9. The number of rotatable bonds is 4. The Balaban J connectivity index is 1.19. The number of aliphatic carboxylic acids is 1. The number of fused-ring (bicyclic) bond motifs is 4. The highest BCUT2D eigenvalue weighted by Crippen LogP contribution is 2.83. The molecule has 0 amide bonds. The van der Waals surface area contributed by atoms with Crippen LogP contribution in [0.2, 0.25) is 0 Å². The fourth-order valence-electron chi connectivity index (χ4n) is 9.75. The summed E-state index contributed by atoms with van der Waals surface area (Å²) in [6, 6.07) is 0. The minimum absolute atomic E-state index is 0.0606. The molecule has 200 valence electrons. The van der Waals surface area contributed by atoms with Crippen LogP contribution >= 0.6 is 0 Å². The van der Waals surface area contributed by atoms with Gasteiger partial charge in [-0.15, -0.1) is 0 Å². The number of ether oxygens (including phenoxy) is 5. The molecule has 0 radical (unpaired) electrons. The van der Waals surface area contributed by atoms with Crippen LogP contribution in [0.1, 0.15) is 65.7 Å². The highest BCUT2D eigenvalue weighted by molar-refractivity contribution is 5.92. The van der Waals surface area contributed by atoms with Gasteiger partial charge in [0.1, 0.15) is 30.0 Å². The summed E-state index contributed by atoms with van der Waals surface area (Å²) < 4.78 is 31.7. The monoisotopic (exact) mass is 514 g/mol. The van der Waals surface area contributed by atoms with Crippen molar-refractivity contribution in [2.45, 2.75) is 107 Å². The van der Waals surface area contributed by atoms with E-state index in [0.717, 1.165) is 36.8 Å². The van der Waals surface area contributed by atoms with E-state index in [2.05, 4.69) is 20.8 Å². The van der Waals surface area contributed by atoms with Crippen molar-refractivity contribution in [2.24, 2.45) is 29.1 Å². The Morgan fingerprint density at radius 1 is 1.08 bits per heavy atom. The van der Waals surface area contributed by atoms with Gasteiger partial charge in [-0.3, -0.25) is 9.59 Å². The van der Waals surface area contributed by atoms with Gasteiger partial charge in [-0.05, 0) is 49.5 Å². The topological polar surface area (TPSA) is 127 Å². The molecule has 9 nitrogen and oxygen atoms in total. The van der Waals surface area contributed by atoms with Gasteiger partial charge in [0.05, 0.1) is 17.9 Å². The smallest absolute Gasteiger partial charge is 0.334 e. The standard InChI is InChI=1S/C28H34O9/c1-12(2)26-19(36-26)20-28(37-20)25(3)9-8-15-16(11-33-22(15)31)17(25)10-18-27(28,35-18)24(26)34-23(32)14-7-5-4-6-13(14)21(29)30/h12-14,17-20,24H,4-11H2,1-3H3,(H,29,30)/t13-,14+,17-,18-,19-,20+,24+,25-,26+,27+,28+/m0/s1. The van der Waals surface area contributed by atoms with Gasteiger partial charge in [-0.1, -0.05) is 33.6 Å². The van der Waals surface area contributed by atoms with Gasteiger partial charge >= 0.3 is 17.9 Å². The summed E-state index contributed by atoms with van der Waals surface area (Å²) in [7, 11) is 0. The Morgan fingerprint density at radius 3 is 2.57 bits per heavy atom. The lowest BCUT2D eigenvalue weighted by Gasteiger charge is -2.53. The number of cyclic esters (lactones) is 1. The first-order valence-electron chi connectivity index (χ1n) is 14.0. The molecule has 8 aliphatic rings. The van der Waals surface area contributed by atoms with Gasteiger partial charge in [0.2, 0.25) is 0 Å². The van der Waals surface area contributed by atoms with E-state index in [9.17, 15) is 19.5 Å². The molecule has 37 heavy (non-hydrogen) atoms. The second kappa shape index (κ2) is 6.77. The molecule has 8 rings (SSSR count). The number of hydrogen-bond acceptors (Lipinski definition) is 8. The number of carboxylic acid groups (broad SMARTS) is 1. The SMILES string of the molecule is CC(C)[C@@]12O[C@H]1[C@H]1O[C@]13[C@]1(O[C@H]1C[C@H]1C4=C(CC[C@@]13C)C(=O)OC4)[C@@H]2OC(=O)[C@@H]1CCCC[C@@H]1C(=O)O. The number of esters is 2. The molecule has 0 bridgehead atoms. The van der Waals surface area contributed by atoms with Crippen molar-refractivity contribution in [1.82, 2.24) is 0 Å². The molecule has 3 saturated heterocycles. The van der Waals surface area contributed by atoms with Crippen LogP contribution in [0.4, 0.5) is 0 Å². The predicted molar refractivity (Wildman–Crippen MR) is 124 cm³/mol. The second-order valence-electron chi connectivity index (χ2n) is 13.2. The van der Waals surface area contributed by atoms with Gasteiger partial charge in [-0.2, -0.15) is 0 Å². The zero-order chi connectivity index (χ0) is 25.7. The Labute approximate surface area is 215 Å². The summed E-state index contributed by atoms with van der Waals surface area (Å²) in [6.07, 6.45) is 3.59. The highest BCUT2D eigenvalue weighted by Gasteiger charge is 3.01. The molecule has 6 fully saturated rings. The first-order chi connectivity index (χ1) is 17.6. The molecule has 2 spiro atoms. The van der Waals surface area contributed by atoms with Crippen LogP contribution in [-0.2, 0) is 38.1 Å². The van der Waals surface area contributed by atoms with E-state index in [4.69, 9.17) is 23.7 Å². The minimum Gasteiger partial charge on any atom is -0.481 e. The molecule has 0 aromatic carbocycles. The van der Waals surface area contributed by atoms with Crippen LogP contribution in [-0.4, -0.2) is 70.8 Å². The van der Waals surface area contributed by atoms with Crippen molar-refractivity contribution < 1.29 is 43.2 Å². The van der Waals surface area contributed by atoms with E-state index in [1.165, 1.54) is 0 Å². The zero-order valence-electron chi connectivity index (χ0n) is 21.5. The quantitative estimate of drug-likeness (QED) is 0.445. The Kier molecular flexibility index (Phi) is 4.20. The summed E-state index contributed by atoms with van der Waals surface area (Å²) in [4.78, 5) is 38.0. The van der Waals surface area contributed by atoms with E-state index < -0.39 is 46.7 Å². The van der Waals surface area contributed by atoms with E-state index in [1.807, 2.05) is 0 Å². The Morgan fingerprint density at radius 2 is 1.84 bits per heavy atom. The summed E-state index contributed by atoms with van der Waals surface area (Å²) in [5, 5.41) is 9.80. The minimum atomic E-state index is -0.933. The maximum Gasteiger partial charge on any atom is 0.334 e. The third-order valence-electron chi connectivity index (χ3n) is 11.7. The lowest BCUT2D eigenvalue weighted by molar-refractivity contribution is -0.179. The van der Waals surface area contributed by atoms with Crippen LogP contribution in [0.3, 0.4) is 0 Å². The van der Waals surface area contributed by atoms with Crippen LogP contribution < -0.4 is 0 Å². The van der Waals surface area contributed by atoms with Gasteiger partial charge in [-0.25, -0.2) is 4.79 Å². The van der Waals surface area contributed by atoms with E-state index in [-0.39, 0.29) is 41.5 Å². The van der Waals surface area contributed by atoms with Crippen LogP contribution in [0, 0.1) is 29.1 Å². The summed E-state index contributed by atoms with van der Waals surface area (Å²) in [5.74, 6) is -2.80. The fraction of sp³-hybridized carbons (Fsp3) is 0.821. The molecule has 9 heteroatoms. The number of hydrogen-bond donors (Lipinski definition) is 1. The van der Waals surface area contributed by atoms with E-state index >= 15 is 0 Å². The van der Waals surface area contributed by atoms with Crippen LogP contribution in [0.15, 0.2) is 11.1 Å². The Bertz CT molecular complexity index is 1180. The molecule has 4 heterocycles. The predicted octanol–water partition coefficient (Wildman–Crippen LogP) is 2.54. The molecule has 0 aromatic rings. The lowest BCUT2D eigenvalue weighted by Crippen LogP contribution is -2.70. The second-order valence-corrected chi connectivity index (χ2v) is 13.2. The number of carbonyl (C=O) groups is 3.